The van der Waals surface area contributed by atoms with E-state index in [1.165, 1.54) is 22.9 Å². The number of hydrogen-bond acceptors (Lipinski definition) is 6. The Morgan fingerprint density at radius 3 is 2.59 bits per heavy atom. The largest absolute Gasteiger partial charge is 0.324 e. The molecule has 34 heavy (non-hydrogen) atoms. The minimum atomic E-state index is -0.658. The molecule has 2 aliphatic heterocycles. The maximum Gasteiger partial charge on any atom is 0.263 e. The van der Waals surface area contributed by atoms with Gasteiger partial charge >= 0.3 is 0 Å². The maximum absolute atomic E-state index is 13.5. The quantitative estimate of drug-likeness (QED) is 0.395. The predicted octanol–water partition coefficient (Wildman–Crippen LogP) is 6.40. The number of rotatable bonds is 3. The number of benzene rings is 2. The van der Waals surface area contributed by atoms with Crippen LogP contribution >= 0.6 is 35.0 Å². The van der Waals surface area contributed by atoms with Crippen molar-refractivity contribution in [2.45, 2.75) is 49.6 Å². The third-order valence-electron chi connectivity index (χ3n) is 6.23. The lowest BCUT2D eigenvalue weighted by molar-refractivity contribution is 0.0969. The van der Waals surface area contributed by atoms with Crippen molar-refractivity contribution in [1.82, 2.24) is 15.3 Å². The number of anilines is 3. The van der Waals surface area contributed by atoms with E-state index in [0.717, 1.165) is 18.7 Å². The van der Waals surface area contributed by atoms with Gasteiger partial charge in [-0.15, -0.1) is 0 Å². The smallest absolute Gasteiger partial charge is 0.263 e. The van der Waals surface area contributed by atoms with E-state index in [1.807, 2.05) is 19.9 Å². The number of hydrogen-bond donors (Lipinski definition) is 2. The zero-order valence-corrected chi connectivity index (χ0v) is 21.7. The number of carbonyl (C=O) groups excluding carboxylic acids is 1. The Hall–Kier alpha value is -2.32. The van der Waals surface area contributed by atoms with E-state index in [9.17, 15) is 4.79 Å². The molecule has 3 heterocycles. The molecular formula is C25H25Cl2N5OS. The fourth-order valence-corrected chi connectivity index (χ4v) is 6.28. The normalized spacial score (nSPS) is 18.3. The van der Waals surface area contributed by atoms with Crippen molar-refractivity contribution in [3.05, 3.63) is 69.3 Å². The third kappa shape index (κ3) is 4.05. The van der Waals surface area contributed by atoms with Gasteiger partial charge in [0.2, 0.25) is 5.95 Å². The van der Waals surface area contributed by atoms with E-state index in [1.54, 1.807) is 29.3 Å². The average molecular weight is 514 g/mol. The molecule has 0 aliphatic carbocycles. The Balaban J connectivity index is 1.46. The summed E-state index contributed by atoms with van der Waals surface area (Å²) in [5.41, 5.74) is 4.40. The number of para-hydroxylation sites is 1. The van der Waals surface area contributed by atoms with Crippen LogP contribution in [-0.4, -0.2) is 27.3 Å². The summed E-state index contributed by atoms with van der Waals surface area (Å²) in [6.07, 6.45) is 2.54. The van der Waals surface area contributed by atoms with Crippen molar-refractivity contribution < 1.29 is 4.79 Å². The third-order valence-corrected chi connectivity index (χ3v) is 8.03. The summed E-state index contributed by atoms with van der Waals surface area (Å²) >= 11 is 14.3. The van der Waals surface area contributed by atoms with Gasteiger partial charge in [0.25, 0.3) is 5.91 Å². The summed E-state index contributed by atoms with van der Waals surface area (Å²) in [7, 11) is 0. The van der Waals surface area contributed by atoms with Crippen LogP contribution < -0.4 is 15.5 Å². The van der Waals surface area contributed by atoms with Crippen molar-refractivity contribution in [1.29, 1.82) is 0 Å². The lowest BCUT2D eigenvalue weighted by Gasteiger charge is -2.42. The van der Waals surface area contributed by atoms with Crippen LogP contribution in [0, 0.1) is 0 Å². The second kappa shape index (κ2) is 8.41. The van der Waals surface area contributed by atoms with E-state index in [4.69, 9.17) is 23.2 Å². The van der Waals surface area contributed by atoms with E-state index in [2.05, 4.69) is 46.6 Å². The molecule has 3 aromatic rings. The molecule has 2 N–H and O–H groups in total. The van der Waals surface area contributed by atoms with Crippen LogP contribution in [0.15, 0.2) is 47.6 Å². The molecule has 2 aromatic carbocycles. The van der Waals surface area contributed by atoms with Crippen molar-refractivity contribution in [2.24, 2.45) is 0 Å². The molecule has 0 unspecified atom stereocenters. The average Bonchev–Trinajstić information content (AvgIpc) is 2.75. The van der Waals surface area contributed by atoms with E-state index in [0.29, 0.717) is 32.3 Å². The Labute approximate surface area is 213 Å². The molecule has 6 nitrogen and oxygen atoms in total. The number of nitrogens with one attached hydrogen (secondary N) is 2. The molecule has 0 saturated carbocycles. The van der Waals surface area contributed by atoms with Gasteiger partial charge in [-0.2, -0.15) is 0 Å². The van der Waals surface area contributed by atoms with E-state index < -0.39 is 4.87 Å². The SMILES string of the molecule is CC1(C)NCCc2cc(Nc3ncc4c(n3)SC(C)(C)N(c3c(Cl)cccc3Cl)C4=O)ccc21. The maximum atomic E-state index is 13.5. The lowest BCUT2D eigenvalue weighted by atomic mass is 9.85. The molecule has 1 amide bonds. The Morgan fingerprint density at radius 1 is 1.12 bits per heavy atom. The topological polar surface area (TPSA) is 70.2 Å². The molecule has 0 bridgehead atoms. The fraction of sp³-hybridized carbons (Fsp3) is 0.320. The van der Waals surface area contributed by atoms with Crippen molar-refractivity contribution in [3.63, 3.8) is 0 Å². The number of aromatic nitrogens is 2. The second-order valence-electron chi connectivity index (χ2n) is 9.47. The van der Waals surface area contributed by atoms with Gasteiger partial charge in [-0.25, -0.2) is 9.97 Å². The highest BCUT2D eigenvalue weighted by Crippen LogP contribution is 2.48. The van der Waals surface area contributed by atoms with Gasteiger partial charge in [-0.3, -0.25) is 9.69 Å². The summed E-state index contributed by atoms with van der Waals surface area (Å²) in [6.45, 7) is 9.23. The molecule has 9 heteroatoms. The first-order valence-electron chi connectivity index (χ1n) is 11.1. The Morgan fingerprint density at radius 2 is 1.85 bits per heavy atom. The van der Waals surface area contributed by atoms with Gasteiger partial charge < -0.3 is 10.6 Å². The highest BCUT2D eigenvalue weighted by molar-refractivity contribution is 8.00. The number of carbonyl (C=O) groups is 1. The zero-order chi connectivity index (χ0) is 24.3. The van der Waals surface area contributed by atoms with Crippen LogP contribution in [-0.2, 0) is 12.0 Å². The molecule has 0 spiro atoms. The Bertz CT molecular complexity index is 1290. The minimum Gasteiger partial charge on any atom is -0.324 e. The van der Waals surface area contributed by atoms with Gasteiger partial charge in [0.05, 0.1) is 26.2 Å². The zero-order valence-electron chi connectivity index (χ0n) is 19.4. The second-order valence-corrected chi connectivity index (χ2v) is 11.9. The molecule has 176 valence electrons. The highest BCUT2D eigenvalue weighted by Gasteiger charge is 2.43. The van der Waals surface area contributed by atoms with E-state index >= 15 is 0 Å². The fourth-order valence-electron chi connectivity index (χ4n) is 4.59. The molecule has 0 radical (unpaired) electrons. The molecule has 0 fully saturated rings. The van der Waals surface area contributed by atoms with Crippen LogP contribution in [0.5, 0.6) is 0 Å². The van der Waals surface area contributed by atoms with Crippen LogP contribution in [0.3, 0.4) is 0 Å². The van der Waals surface area contributed by atoms with E-state index in [-0.39, 0.29) is 11.4 Å². The molecule has 0 atom stereocenters. The van der Waals surface area contributed by atoms with Crippen LogP contribution in [0.4, 0.5) is 17.3 Å². The molecule has 2 aliphatic rings. The first-order chi connectivity index (χ1) is 16.1. The summed E-state index contributed by atoms with van der Waals surface area (Å²) in [6, 6.07) is 11.6. The summed E-state index contributed by atoms with van der Waals surface area (Å²) in [5, 5.41) is 8.32. The number of halogens is 2. The predicted molar refractivity (Wildman–Crippen MR) is 140 cm³/mol. The van der Waals surface area contributed by atoms with Crippen molar-refractivity contribution in [3.8, 4) is 0 Å². The molecule has 5 rings (SSSR count). The number of nitrogens with zero attached hydrogens (tertiary/aromatic N) is 3. The van der Waals surface area contributed by atoms with Gasteiger partial charge in [-0.1, -0.05) is 47.1 Å². The van der Waals surface area contributed by atoms with Crippen LogP contribution in [0.2, 0.25) is 10.0 Å². The summed E-state index contributed by atoms with van der Waals surface area (Å²) in [4.78, 5) is 23.6. The van der Waals surface area contributed by atoms with Crippen LogP contribution in [0.25, 0.3) is 0 Å². The first-order valence-corrected chi connectivity index (χ1v) is 12.6. The number of amides is 1. The molecular weight excluding hydrogens is 489 g/mol. The summed E-state index contributed by atoms with van der Waals surface area (Å²) < 4.78 is 0. The standard InChI is InChI=1S/C25H25Cl2N5OS/c1-24(2)17-9-8-15(12-14(17)10-11-29-24)30-23-28-13-16-21(31-23)34-25(3,4)32(22(16)33)20-18(26)6-5-7-19(20)27/h5-9,12-13,29H,10-11H2,1-4H3,(H,28,30,31). The Kier molecular flexibility index (Phi) is 5.80. The molecule has 1 aromatic heterocycles. The van der Waals surface area contributed by atoms with Gasteiger partial charge in [0, 0.05) is 17.4 Å². The molecule has 0 saturated heterocycles. The monoisotopic (exact) mass is 513 g/mol. The van der Waals surface area contributed by atoms with Gasteiger partial charge in [-0.05, 0) is 76.1 Å². The first kappa shape index (κ1) is 23.4. The summed E-state index contributed by atoms with van der Waals surface area (Å²) in [5.74, 6) is 0.219. The van der Waals surface area contributed by atoms with Crippen LogP contribution in [0.1, 0.15) is 49.2 Å². The number of thioether (sulfide) groups is 1. The minimum absolute atomic E-state index is 0.0482. The highest BCUT2D eigenvalue weighted by atomic mass is 35.5. The van der Waals surface area contributed by atoms with Crippen molar-refractivity contribution in [2.75, 3.05) is 16.8 Å². The van der Waals surface area contributed by atoms with Gasteiger partial charge in [0.15, 0.2) is 0 Å². The van der Waals surface area contributed by atoms with Gasteiger partial charge in [0.1, 0.15) is 5.03 Å². The van der Waals surface area contributed by atoms with Crippen molar-refractivity contribution >= 4 is 58.2 Å². The lowest BCUT2D eigenvalue weighted by Crippen LogP contribution is -2.49. The number of fused-ring (bicyclic) bond motifs is 2.